The first-order valence-electron chi connectivity index (χ1n) is 6.97. The number of aliphatic hydroxyl groups excluding tert-OH is 1. The van der Waals surface area contributed by atoms with Crippen molar-refractivity contribution in [2.75, 3.05) is 0 Å². The minimum atomic E-state index is -0.394. The summed E-state index contributed by atoms with van der Waals surface area (Å²) in [6, 6.07) is 0. The monoisotopic (exact) mass is 252 g/mol. The van der Waals surface area contributed by atoms with Crippen LogP contribution in [0.5, 0.6) is 0 Å². The van der Waals surface area contributed by atoms with Crippen molar-refractivity contribution in [1.29, 1.82) is 0 Å². The highest BCUT2D eigenvalue weighted by molar-refractivity contribution is 5.26. The van der Waals surface area contributed by atoms with Gasteiger partial charge < -0.3 is 5.11 Å². The number of nitrogens with zero attached hydrogens (tertiary/aromatic N) is 2. The van der Waals surface area contributed by atoms with E-state index in [1.165, 1.54) is 12.8 Å². The maximum absolute atomic E-state index is 10.4. The third-order valence-corrected chi connectivity index (χ3v) is 3.33. The van der Waals surface area contributed by atoms with Crippen LogP contribution in [0.2, 0.25) is 0 Å². The topological polar surface area (TPSA) is 38.0 Å². The minimum Gasteiger partial charge on any atom is -0.388 e. The molecule has 1 aromatic rings. The number of hydrogen-bond donors (Lipinski definition) is 1. The molecule has 2 unspecified atom stereocenters. The molecule has 1 aromatic heterocycles. The van der Waals surface area contributed by atoms with Gasteiger partial charge in [-0.1, -0.05) is 47.5 Å². The molecule has 18 heavy (non-hydrogen) atoms. The molecule has 0 aliphatic carbocycles. The zero-order valence-corrected chi connectivity index (χ0v) is 12.7. The van der Waals surface area contributed by atoms with E-state index in [9.17, 15) is 5.11 Å². The summed E-state index contributed by atoms with van der Waals surface area (Å²) in [6.07, 6.45) is 4.73. The SMILES string of the molecule is CCCC(C)CC(O)c1cn(C)nc1C(C)(C)C. The lowest BCUT2D eigenvalue weighted by atomic mass is 9.86. The minimum absolute atomic E-state index is 0.0223. The second-order valence-electron chi connectivity index (χ2n) is 6.50. The lowest BCUT2D eigenvalue weighted by Crippen LogP contribution is -2.17. The Morgan fingerprint density at radius 3 is 2.50 bits per heavy atom. The van der Waals surface area contributed by atoms with E-state index in [4.69, 9.17) is 0 Å². The summed E-state index contributed by atoms with van der Waals surface area (Å²) in [5.74, 6) is 0.554. The molecule has 3 nitrogen and oxygen atoms in total. The maximum Gasteiger partial charge on any atom is 0.0826 e. The van der Waals surface area contributed by atoms with Crippen LogP contribution in [0.4, 0.5) is 0 Å². The largest absolute Gasteiger partial charge is 0.388 e. The number of aryl methyl sites for hydroxylation is 1. The summed E-state index contributed by atoms with van der Waals surface area (Å²) < 4.78 is 1.81. The van der Waals surface area contributed by atoms with Gasteiger partial charge in [0.1, 0.15) is 0 Å². The smallest absolute Gasteiger partial charge is 0.0826 e. The van der Waals surface area contributed by atoms with Crippen LogP contribution in [-0.2, 0) is 12.5 Å². The van der Waals surface area contributed by atoms with Crippen LogP contribution in [0.25, 0.3) is 0 Å². The Labute approximate surface area is 111 Å². The molecule has 1 heterocycles. The molecule has 1 rings (SSSR count). The molecule has 0 aromatic carbocycles. The lowest BCUT2D eigenvalue weighted by Gasteiger charge is -2.21. The van der Waals surface area contributed by atoms with Gasteiger partial charge in [-0.15, -0.1) is 0 Å². The van der Waals surface area contributed by atoms with E-state index in [0.29, 0.717) is 5.92 Å². The second kappa shape index (κ2) is 5.87. The summed E-state index contributed by atoms with van der Waals surface area (Å²) in [7, 11) is 1.92. The summed E-state index contributed by atoms with van der Waals surface area (Å²) in [5.41, 5.74) is 1.99. The van der Waals surface area contributed by atoms with Crippen molar-refractivity contribution in [1.82, 2.24) is 9.78 Å². The fourth-order valence-electron chi connectivity index (χ4n) is 2.45. The highest BCUT2D eigenvalue weighted by Gasteiger charge is 2.26. The van der Waals surface area contributed by atoms with E-state index < -0.39 is 6.10 Å². The Bertz CT molecular complexity index is 376. The molecule has 0 bridgehead atoms. The fourth-order valence-corrected chi connectivity index (χ4v) is 2.45. The number of aromatic nitrogens is 2. The third kappa shape index (κ3) is 3.84. The van der Waals surface area contributed by atoms with Gasteiger partial charge in [-0.05, 0) is 12.3 Å². The zero-order valence-electron chi connectivity index (χ0n) is 12.7. The Balaban J connectivity index is 2.88. The summed E-state index contributed by atoms with van der Waals surface area (Å²) in [6.45, 7) is 10.8. The highest BCUT2D eigenvalue weighted by atomic mass is 16.3. The van der Waals surface area contributed by atoms with Crippen LogP contribution in [-0.4, -0.2) is 14.9 Å². The molecular weight excluding hydrogens is 224 g/mol. The van der Waals surface area contributed by atoms with E-state index in [-0.39, 0.29) is 5.41 Å². The van der Waals surface area contributed by atoms with Gasteiger partial charge in [-0.25, -0.2) is 0 Å². The molecule has 0 saturated heterocycles. The standard InChI is InChI=1S/C15H28N2O/c1-7-8-11(2)9-13(18)12-10-17(6)16-14(12)15(3,4)5/h10-11,13,18H,7-9H2,1-6H3. The average molecular weight is 252 g/mol. The molecule has 0 spiro atoms. The van der Waals surface area contributed by atoms with Gasteiger partial charge in [0.2, 0.25) is 0 Å². The first kappa shape index (κ1) is 15.2. The molecule has 0 fully saturated rings. The van der Waals surface area contributed by atoms with Crippen molar-refractivity contribution >= 4 is 0 Å². The van der Waals surface area contributed by atoms with Crippen molar-refractivity contribution in [2.24, 2.45) is 13.0 Å². The van der Waals surface area contributed by atoms with Crippen LogP contribution >= 0.6 is 0 Å². The molecule has 0 aliphatic rings. The summed E-state index contributed by atoms with van der Waals surface area (Å²) in [5, 5.41) is 14.9. The molecule has 3 heteroatoms. The third-order valence-electron chi connectivity index (χ3n) is 3.33. The van der Waals surface area contributed by atoms with E-state index in [1.807, 2.05) is 17.9 Å². The van der Waals surface area contributed by atoms with Gasteiger partial charge in [-0.3, -0.25) is 4.68 Å². The quantitative estimate of drug-likeness (QED) is 0.870. The zero-order chi connectivity index (χ0) is 13.9. The Morgan fingerprint density at radius 1 is 1.39 bits per heavy atom. The van der Waals surface area contributed by atoms with Crippen molar-refractivity contribution in [3.8, 4) is 0 Å². The molecule has 0 saturated carbocycles. The van der Waals surface area contributed by atoms with Gasteiger partial charge in [0.05, 0.1) is 11.8 Å². The van der Waals surface area contributed by atoms with E-state index in [0.717, 1.165) is 17.7 Å². The van der Waals surface area contributed by atoms with E-state index >= 15 is 0 Å². The normalized spacial score (nSPS) is 15.7. The van der Waals surface area contributed by atoms with Crippen molar-refractivity contribution in [3.05, 3.63) is 17.5 Å². The molecule has 0 amide bonds. The predicted molar refractivity (Wildman–Crippen MR) is 75.6 cm³/mol. The Hall–Kier alpha value is -0.830. The second-order valence-corrected chi connectivity index (χ2v) is 6.50. The highest BCUT2D eigenvalue weighted by Crippen LogP contribution is 2.31. The molecule has 1 N–H and O–H groups in total. The predicted octanol–water partition coefficient (Wildman–Crippen LogP) is 3.58. The van der Waals surface area contributed by atoms with Crippen LogP contribution < -0.4 is 0 Å². The molecule has 2 atom stereocenters. The molecule has 0 radical (unpaired) electrons. The fraction of sp³-hybridized carbons (Fsp3) is 0.800. The summed E-state index contributed by atoms with van der Waals surface area (Å²) >= 11 is 0. The molecule has 0 aliphatic heterocycles. The first-order valence-corrected chi connectivity index (χ1v) is 6.97. The van der Waals surface area contributed by atoms with Crippen LogP contribution in [0.15, 0.2) is 6.20 Å². The van der Waals surface area contributed by atoms with E-state index in [1.54, 1.807) is 0 Å². The van der Waals surface area contributed by atoms with E-state index in [2.05, 4.69) is 39.7 Å². The number of hydrogen-bond acceptors (Lipinski definition) is 2. The maximum atomic E-state index is 10.4. The van der Waals surface area contributed by atoms with Crippen molar-refractivity contribution in [3.63, 3.8) is 0 Å². The van der Waals surface area contributed by atoms with Gasteiger partial charge in [-0.2, -0.15) is 5.10 Å². The van der Waals surface area contributed by atoms with Gasteiger partial charge >= 0.3 is 0 Å². The van der Waals surface area contributed by atoms with Crippen molar-refractivity contribution in [2.45, 2.75) is 65.4 Å². The number of aliphatic hydroxyl groups is 1. The molecule has 104 valence electrons. The average Bonchev–Trinajstić information content (AvgIpc) is 2.60. The van der Waals surface area contributed by atoms with Crippen LogP contribution in [0, 0.1) is 5.92 Å². The lowest BCUT2D eigenvalue weighted by molar-refractivity contribution is 0.143. The summed E-state index contributed by atoms with van der Waals surface area (Å²) in [4.78, 5) is 0. The van der Waals surface area contributed by atoms with Crippen molar-refractivity contribution < 1.29 is 5.11 Å². The Kier molecular flexibility index (Phi) is 4.97. The van der Waals surface area contributed by atoms with Gasteiger partial charge in [0, 0.05) is 24.2 Å². The number of rotatable bonds is 5. The van der Waals surface area contributed by atoms with Crippen LogP contribution in [0.3, 0.4) is 0 Å². The van der Waals surface area contributed by atoms with Gasteiger partial charge in [0.25, 0.3) is 0 Å². The molecular formula is C15H28N2O. The first-order chi connectivity index (χ1) is 8.25. The van der Waals surface area contributed by atoms with Crippen LogP contribution in [0.1, 0.15) is 71.2 Å². The van der Waals surface area contributed by atoms with Gasteiger partial charge in [0.15, 0.2) is 0 Å². The Morgan fingerprint density at radius 2 is 2.00 bits per heavy atom.